The number of aromatic nitrogens is 4. The molecule has 0 spiro atoms. The number of piperidine rings is 1. The van der Waals surface area contributed by atoms with Crippen molar-refractivity contribution in [3.63, 3.8) is 0 Å². The van der Waals surface area contributed by atoms with Crippen molar-refractivity contribution >= 4 is 22.1 Å². The van der Waals surface area contributed by atoms with Crippen LogP contribution in [0, 0.1) is 11.3 Å². The van der Waals surface area contributed by atoms with E-state index in [-0.39, 0.29) is 0 Å². The molecule has 0 aromatic carbocycles. The number of hydrogen-bond acceptors (Lipinski definition) is 3. The van der Waals surface area contributed by atoms with Gasteiger partial charge in [0, 0.05) is 24.7 Å². The van der Waals surface area contributed by atoms with Crippen LogP contribution in [-0.4, -0.2) is 32.7 Å². The number of fused-ring (bicyclic) bond motifs is 3. The van der Waals surface area contributed by atoms with Crippen LogP contribution < -0.4 is 5.01 Å². The Kier molecular flexibility index (Phi) is 2.93. The van der Waals surface area contributed by atoms with Crippen molar-refractivity contribution in [3.05, 3.63) is 24.8 Å². The quantitative estimate of drug-likeness (QED) is 0.749. The number of H-pyrrole nitrogens is 1. The SMILES string of the molecule is CC(C)(C)C1CCN(n2cnc3cnc4[nH]ccc4c32)CC1. The van der Waals surface area contributed by atoms with Crippen LogP contribution >= 0.6 is 0 Å². The lowest BCUT2D eigenvalue weighted by molar-refractivity contribution is 0.189. The molecule has 4 rings (SSSR count). The molecule has 0 amide bonds. The van der Waals surface area contributed by atoms with Gasteiger partial charge in [0.2, 0.25) is 0 Å². The first-order chi connectivity index (χ1) is 10.5. The van der Waals surface area contributed by atoms with Crippen molar-refractivity contribution in [2.24, 2.45) is 11.3 Å². The Morgan fingerprint density at radius 2 is 1.95 bits per heavy atom. The molecule has 0 atom stereocenters. The number of rotatable bonds is 1. The van der Waals surface area contributed by atoms with E-state index in [1.807, 2.05) is 18.7 Å². The van der Waals surface area contributed by atoms with Gasteiger partial charge >= 0.3 is 0 Å². The Morgan fingerprint density at radius 1 is 1.18 bits per heavy atom. The monoisotopic (exact) mass is 297 g/mol. The molecule has 0 saturated carbocycles. The van der Waals surface area contributed by atoms with Gasteiger partial charge in [0.25, 0.3) is 0 Å². The van der Waals surface area contributed by atoms with Crippen molar-refractivity contribution < 1.29 is 0 Å². The fraction of sp³-hybridized carbons (Fsp3) is 0.529. The highest BCUT2D eigenvalue weighted by atomic mass is 15.6. The first-order valence-electron chi connectivity index (χ1n) is 8.08. The maximum absolute atomic E-state index is 4.54. The zero-order chi connectivity index (χ0) is 15.3. The Balaban J connectivity index is 1.69. The Bertz CT molecular complexity index is 799. The van der Waals surface area contributed by atoms with Crippen molar-refractivity contribution in [1.29, 1.82) is 0 Å². The minimum Gasteiger partial charge on any atom is -0.346 e. The highest BCUT2D eigenvalue weighted by Crippen LogP contribution is 2.34. The number of nitrogens with one attached hydrogen (secondary N) is 1. The summed E-state index contributed by atoms with van der Waals surface area (Å²) in [6, 6.07) is 2.09. The van der Waals surface area contributed by atoms with E-state index in [4.69, 9.17) is 0 Å². The Labute approximate surface area is 130 Å². The molecule has 3 aromatic rings. The van der Waals surface area contributed by atoms with E-state index >= 15 is 0 Å². The minimum absolute atomic E-state index is 0.404. The predicted octanol–water partition coefficient (Wildman–Crippen LogP) is 3.31. The smallest absolute Gasteiger partial charge is 0.139 e. The Hall–Kier alpha value is -2.04. The molecule has 116 valence electrons. The summed E-state index contributed by atoms with van der Waals surface area (Å²) in [5.74, 6) is 0.799. The summed E-state index contributed by atoms with van der Waals surface area (Å²) in [6.07, 6.45) is 8.22. The van der Waals surface area contributed by atoms with Gasteiger partial charge in [-0.1, -0.05) is 20.8 Å². The maximum atomic E-state index is 4.54. The van der Waals surface area contributed by atoms with Gasteiger partial charge in [-0.3, -0.25) is 0 Å². The standard InChI is InChI=1S/C17H23N5/c1-17(2,3)12-5-8-21(9-6-12)22-11-20-14-10-19-16-13(15(14)22)4-7-18-16/h4,7,10-12H,5-6,8-9H2,1-3H3,(H,18,19). The third kappa shape index (κ3) is 2.07. The van der Waals surface area contributed by atoms with Crippen LogP contribution in [0.15, 0.2) is 24.8 Å². The van der Waals surface area contributed by atoms with Gasteiger partial charge in [0.15, 0.2) is 0 Å². The number of aromatic amines is 1. The van der Waals surface area contributed by atoms with Crippen LogP contribution in [0.2, 0.25) is 0 Å². The third-order valence-corrected chi connectivity index (χ3v) is 5.07. The van der Waals surface area contributed by atoms with Crippen molar-refractivity contribution in [1.82, 2.24) is 19.6 Å². The topological polar surface area (TPSA) is 49.7 Å². The molecule has 0 unspecified atom stereocenters. The van der Waals surface area contributed by atoms with Gasteiger partial charge in [0.1, 0.15) is 23.0 Å². The van der Waals surface area contributed by atoms with E-state index in [0.717, 1.165) is 35.6 Å². The molecule has 4 heterocycles. The van der Waals surface area contributed by atoms with Gasteiger partial charge in [-0.2, -0.15) is 0 Å². The molecular weight excluding hydrogens is 274 g/mol. The fourth-order valence-electron chi connectivity index (χ4n) is 3.66. The van der Waals surface area contributed by atoms with Gasteiger partial charge in [-0.05, 0) is 30.2 Å². The molecule has 1 aliphatic heterocycles. The fourth-order valence-corrected chi connectivity index (χ4v) is 3.66. The molecular formula is C17H23N5. The maximum Gasteiger partial charge on any atom is 0.139 e. The van der Waals surface area contributed by atoms with Crippen molar-refractivity contribution in [2.75, 3.05) is 18.1 Å². The second kappa shape index (κ2) is 4.73. The van der Waals surface area contributed by atoms with Crippen LogP contribution in [0.3, 0.4) is 0 Å². The van der Waals surface area contributed by atoms with E-state index < -0.39 is 0 Å². The van der Waals surface area contributed by atoms with Crippen molar-refractivity contribution in [2.45, 2.75) is 33.6 Å². The van der Waals surface area contributed by atoms with E-state index in [1.165, 1.54) is 18.4 Å². The second-order valence-electron chi connectivity index (χ2n) is 7.42. The lowest BCUT2D eigenvalue weighted by atomic mass is 9.75. The molecule has 1 aliphatic rings. The normalized spacial score (nSPS) is 17.7. The first-order valence-corrected chi connectivity index (χ1v) is 8.08. The molecule has 5 nitrogen and oxygen atoms in total. The summed E-state index contributed by atoms with van der Waals surface area (Å²) in [5.41, 5.74) is 3.46. The van der Waals surface area contributed by atoms with Crippen LogP contribution in [0.5, 0.6) is 0 Å². The highest BCUT2D eigenvalue weighted by Gasteiger charge is 2.29. The average molecular weight is 297 g/mol. The number of pyridine rings is 1. The van der Waals surface area contributed by atoms with E-state index in [0.29, 0.717) is 5.41 Å². The summed E-state index contributed by atoms with van der Waals surface area (Å²) in [5, 5.41) is 3.57. The molecule has 1 saturated heterocycles. The van der Waals surface area contributed by atoms with Crippen LogP contribution in [0.25, 0.3) is 22.1 Å². The van der Waals surface area contributed by atoms with Crippen molar-refractivity contribution in [3.8, 4) is 0 Å². The number of imidazole rings is 1. The Morgan fingerprint density at radius 3 is 2.68 bits per heavy atom. The predicted molar refractivity (Wildman–Crippen MR) is 89.5 cm³/mol. The average Bonchev–Trinajstić information content (AvgIpc) is 3.12. The summed E-state index contributed by atoms with van der Waals surface area (Å²) in [7, 11) is 0. The molecule has 0 aliphatic carbocycles. The molecule has 0 bridgehead atoms. The molecule has 5 heteroatoms. The highest BCUT2D eigenvalue weighted by molar-refractivity contribution is 6.01. The summed E-state index contributed by atoms with van der Waals surface area (Å²) in [6.45, 7) is 9.24. The first kappa shape index (κ1) is 13.6. The van der Waals surface area contributed by atoms with Gasteiger partial charge in [0.05, 0.1) is 6.20 Å². The van der Waals surface area contributed by atoms with Gasteiger partial charge < -0.3 is 9.99 Å². The van der Waals surface area contributed by atoms with Crippen LogP contribution in [0.1, 0.15) is 33.6 Å². The minimum atomic E-state index is 0.404. The largest absolute Gasteiger partial charge is 0.346 e. The zero-order valence-electron chi connectivity index (χ0n) is 13.5. The second-order valence-corrected chi connectivity index (χ2v) is 7.42. The zero-order valence-corrected chi connectivity index (χ0v) is 13.5. The molecule has 1 fully saturated rings. The molecule has 22 heavy (non-hydrogen) atoms. The lowest BCUT2D eigenvalue weighted by Crippen LogP contribution is -2.43. The summed E-state index contributed by atoms with van der Waals surface area (Å²) in [4.78, 5) is 12.1. The van der Waals surface area contributed by atoms with E-state index in [2.05, 4.69) is 51.5 Å². The summed E-state index contributed by atoms with van der Waals surface area (Å²) < 4.78 is 2.23. The number of nitrogens with zero attached hydrogens (tertiary/aromatic N) is 4. The molecule has 1 N–H and O–H groups in total. The van der Waals surface area contributed by atoms with Crippen LogP contribution in [0.4, 0.5) is 0 Å². The van der Waals surface area contributed by atoms with E-state index in [1.54, 1.807) is 0 Å². The lowest BCUT2D eigenvalue weighted by Gasteiger charge is -2.40. The van der Waals surface area contributed by atoms with Crippen LogP contribution in [-0.2, 0) is 0 Å². The van der Waals surface area contributed by atoms with Gasteiger partial charge in [-0.15, -0.1) is 0 Å². The summed E-state index contributed by atoms with van der Waals surface area (Å²) >= 11 is 0. The van der Waals surface area contributed by atoms with Gasteiger partial charge in [-0.25, -0.2) is 14.6 Å². The molecule has 3 aromatic heterocycles. The van der Waals surface area contributed by atoms with E-state index in [9.17, 15) is 0 Å². The molecule has 0 radical (unpaired) electrons. The third-order valence-electron chi connectivity index (χ3n) is 5.07. The number of hydrogen-bond donors (Lipinski definition) is 1.